The van der Waals surface area contributed by atoms with Gasteiger partial charge in [0.05, 0.1) is 5.57 Å². The third kappa shape index (κ3) is 1.96. The van der Waals surface area contributed by atoms with E-state index in [9.17, 15) is 9.30 Å². The number of fused-ring (bicyclic) bond motifs is 1. The van der Waals surface area contributed by atoms with Crippen LogP contribution in [0, 0.1) is 10.7 Å². The van der Waals surface area contributed by atoms with E-state index in [4.69, 9.17) is 4.74 Å². The van der Waals surface area contributed by atoms with Gasteiger partial charge in [-0.3, -0.25) is 0 Å². The predicted molar refractivity (Wildman–Crippen MR) is 79.1 cm³/mol. The van der Waals surface area contributed by atoms with E-state index >= 15 is 0 Å². The summed E-state index contributed by atoms with van der Waals surface area (Å²) in [5, 5.41) is 3.29. The number of rotatable bonds is 1. The molecule has 22 heavy (non-hydrogen) atoms. The molecule has 0 aliphatic carbocycles. The van der Waals surface area contributed by atoms with E-state index in [-0.39, 0.29) is 5.82 Å². The first-order valence-corrected chi connectivity index (χ1v) is 7.48. The lowest BCUT2D eigenvalue weighted by atomic mass is 9.89. The highest BCUT2D eigenvalue weighted by molar-refractivity contribution is 5.46. The Hall–Kier alpha value is -2.43. The molecule has 3 heterocycles. The van der Waals surface area contributed by atoms with Crippen molar-refractivity contribution in [2.24, 2.45) is 0 Å². The van der Waals surface area contributed by atoms with Gasteiger partial charge in [-0.1, -0.05) is 0 Å². The van der Waals surface area contributed by atoms with Crippen molar-refractivity contribution in [1.82, 2.24) is 5.32 Å². The molecule has 112 valence electrons. The zero-order chi connectivity index (χ0) is 15.1. The van der Waals surface area contributed by atoms with Gasteiger partial charge in [-0.2, -0.15) is 0 Å². The highest BCUT2D eigenvalue weighted by Crippen LogP contribution is 2.41. The van der Waals surface area contributed by atoms with Gasteiger partial charge in [0.1, 0.15) is 18.1 Å². The van der Waals surface area contributed by atoms with Gasteiger partial charge in [0, 0.05) is 28.2 Å². The number of nitroso groups, excluding NO2 is 1. The molecule has 0 fully saturated rings. The Morgan fingerprint density at radius 2 is 2.09 bits per heavy atom. The van der Waals surface area contributed by atoms with Crippen molar-refractivity contribution in [3.8, 4) is 0 Å². The third-order valence-corrected chi connectivity index (χ3v) is 4.27. The van der Waals surface area contributed by atoms with Crippen molar-refractivity contribution in [2.45, 2.75) is 18.9 Å². The summed E-state index contributed by atoms with van der Waals surface area (Å²) in [7, 11) is 0. The molecule has 1 aromatic rings. The van der Waals surface area contributed by atoms with E-state index in [0.717, 1.165) is 52.4 Å². The van der Waals surface area contributed by atoms with Crippen LogP contribution in [0.25, 0.3) is 0 Å². The summed E-state index contributed by atoms with van der Waals surface area (Å²) in [4.78, 5) is 12.9. The molecule has 0 saturated carbocycles. The lowest BCUT2D eigenvalue weighted by molar-refractivity contribution is -0.542. The van der Waals surface area contributed by atoms with Crippen LogP contribution < -0.4 is 5.32 Å². The minimum Gasteiger partial charge on any atom is -0.487 e. The SMILES string of the molecule is O=[N+]1C2=C(NCCC2)C2=C(C=CCO2)C1c1ccc(F)cc1. The van der Waals surface area contributed by atoms with Crippen molar-refractivity contribution in [2.75, 3.05) is 13.2 Å². The molecule has 4 rings (SSSR count). The van der Waals surface area contributed by atoms with Crippen LogP contribution in [0.1, 0.15) is 24.4 Å². The lowest BCUT2D eigenvalue weighted by Crippen LogP contribution is -2.35. The first-order chi connectivity index (χ1) is 10.8. The Morgan fingerprint density at radius 3 is 2.91 bits per heavy atom. The van der Waals surface area contributed by atoms with E-state index in [1.54, 1.807) is 12.1 Å². The van der Waals surface area contributed by atoms with Gasteiger partial charge in [-0.25, -0.2) is 4.39 Å². The molecule has 1 N–H and O–H groups in total. The van der Waals surface area contributed by atoms with Crippen LogP contribution in [0.2, 0.25) is 0 Å². The molecule has 1 unspecified atom stereocenters. The smallest absolute Gasteiger partial charge is 0.261 e. The highest BCUT2D eigenvalue weighted by Gasteiger charge is 2.45. The van der Waals surface area contributed by atoms with Gasteiger partial charge in [0.2, 0.25) is 0 Å². The zero-order valence-corrected chi connectivity index (χ0v) is 12.0. The van der Waals surface area contributed by atoms with Crippen molar-refractivity contribution in [3.63, 3.8) is 0 Å². The Morgan fingerprint density at radius 1 is 1.27 bits per heavy atom. The molecule has 3 aliphatic rings. The van der Waals surface area contributed by atoms with Crippen LogP contribution in [0.15, 0.2) is 59.1 Å². The highest BCUT2D eigenvalue weighted by atomic mass is 19.1. The Kier molecular flexibility index (Phi) is 3.06. The summed E-state index contributed by atoms with van der Waals surface area (Å²) in [5.74, 6) is 0.458. The van der Waals surface area contributed by atoms with Crippen LogP contribution in [0.4, 0.5) is 4.39 Å². The van der Waals surface area contributed by atoms with Gasteiger partial charge in [-0.05, 0) is 42.8 Å². The van der Waals surface area contributed by atoms with Crippen LogP contribution in [0.5, 0.6) is 0 Å². The molecule has 5 heteroatoms. The summed E-state index contributed by atoms with van der Waals surface area (Å²) in [5.41, 5.74) is 3.16. The topological polar surface area (TPSA) is 41.3 Å². The Labute approximate surface area is 127 Å². The summed E-state index contributed by atoms with van der Waals surface area (Å²) < 4.78 is 20.0. The van der Waals surface area contributed by atoms with Crippen LogP contribution in [-0.4, -0.2) is 17.9 Å². The summed E-state index contributed by atoms with van der Waals surface area (Å²) in [6.07, 6.45) is 5.49. The van der Waals surface area contributed by atoms with E-state index in [0.29, 0.717) is 6.61 Å². The minimum atomic E-state index is -0.481. The fourth-order valence-corrected chi connectivity index (χ4v) is 3.27. The van der Waals surface area contributed by atoms with Crippen molar-refractivity contribution < 1.29 is 13.9 Å². The molecule has 3 aliphatic heterocycles. The van der Waals surface area contributed by atoms with Gasteiger partial charge < -0.3 is 10.1 Å². The van der Waals surface area contributed by atoms with Gasteiger partial charge >= 0.3 is 0 Å². The van der Waals surface area contributed by atoms with E-state index < -0.39 is 6.04 Å². The van der Waals surface area contributed by atoms with Crippen LogP contribution in [0.3, 0.4) is 0 Å². The molecule has 0 radical (unpaired) electrons. The molecule has 0 aromatic heterocycles. The second kappa shape index (κ2) is 5.09. The van der Waals surface area contributed by atoms with Crippen molar-refractivity contribution in [3.05, 3.63) is 75.4 Å². The number of ether oxygens (including phenoxy) is 1. The minimum absolute atomic E-state index is 0.305. The number of allylic oxidation sites excluding steroid dienone is 1. The van der Waals surface area contributed by atoms with E-state index in [1.165, 1.54) is 12.1 Å². The molecule has 0 spiro atoms. The Bertz CT molecular complexity index is 732. The first-order valence-electron chi connectivity index (χ1n) is 7.48. The molecular formula is C17H16FN2O2+. The largest absolute Gasteiger partial charge is 0.487 e. The maximum absolute atomic E-state index is 13.2. The Balaban J connectivity index is 1.87. The number of nitrogens with one attached hydrogen (secondary N) is 1. The zero-order valence-electron chi connectivity index (χ0n) is 12.0. The second-order valence-electron chi connectivity index (χ2n) is 5.63. The maximum Gasteiger partial charge on any atom is 0.261 e. The molecule has 1 atom stereocenters. The quantitative estimate of drug-likeness (QED) is 0.810. The fourth-order valence-electron chi connectivity index (χ4n) is 3.27. The standard InChI is InChI=1S/C17H16FN2O2/c18-12-7-5-11(6-8-12)16-13-3-2-10-22-17(13)15-14(20(16)21)4-1-9-19-15/h2-3,5-8,16,19H,1,4,9-10H2/q+1. The number of hydrogen-bond acceptors (Lipinski definition) is 3. The molecular weight excluding hydrogens is 283 g/mol. The summed E-state index contributed by atoms with van der Waals surface area (Å²) in [6.45, 7) is 1.35. The van der Waals surface area contributed by atoms with Gasteiger partial charge in [0.25, 0.3) is 11.7 Å². The maximum atomic E-state index is 13.2. The summed E-state index contributed by atoms with van der Waals surface area (Å²) in [6, 6.07) is 5.63. The van der Waals surface area contributed by atoms with Crippen molar-refractivity contribution in [1.29, 1.82) is 0 Å². The van der Waals surface area contributed by atoms with Crippen LogP contribution in [-0.2, 0) is 4.74 Å². The molecule has 0 saturated heterocycles. The van der Waals surface area contributed by atoms with E-state index in [2.05, 4.69) is 5.32 Å². The first kappa shape index (κ1) is 13.2. The number of halogens is 1. The summed E-state index contributed by atoms with van der Waals surface area (Å²) >= 11 is 0. The van der Waals surface area contributed by atoms with Gasteiger partial charge in [0.15, 0.2) is 5.76 Å². The normalized spacial score (nSPS) is 23.7. The monoisotopic (exact) mass is 299 g/mol. The average Bonchev–Trinajstić information content (AvgIpc) is 2.57. The fraction of sp³-hybridized carbons (Fsp3) is 0.294. The molecule has 0 bridgehead atoms. The molecule has 4 nitrogen and oxygen atoms in total. The number of hydrogen-bond donors (Lipinski definition) is 1. The van der Waals surface area contributed by atoms with E-state index in [1.807, 2.05) is 12.2 Å². The number of nitrogens with zero attached hydrogens (tertiary/aromatic N) is 1. The lowest BCUT2D eigenvalue weighted by Gasteiger charge is -2.29. The van der Waals surface area contributed by atoms with Crippen LogP contribution >= 0.6 is 0 Å². The third-order valence-electron chi connectivity index (χ3n) is 4.27. The predicted octanol–water partition coefficient (Wildman–Crippen LogP) is 3.09. The second-order valence-corrected chi connectivity index (χ2v) is 5.63. The van der Waals surface area contributed by atoms with Gasteiger partial charge in [-0.15, -0.1) is 0 Å². The van der Waals surface area contributed by atoms with Crippen molar-refractivity contribution >= 4 is 0 Å². The molecule has 0 amide bonds. The molecule has 1 aromatic carbocycles. The average molecular weight is 299 g/mol. The number of benzene rings is 1.